The Kier molecular flexibility index (Phi) is 6.35. The summed E-state index contributed by atoms with van der Waals surface area (Å²) >= 11 is 0. The molecule has 31 heavy (non-hydrogen) atoms. The number of hydrogen-bond donors (Lipinski definition) is 2. The number of aromatic amines is 1. The third-order valence-corrected chi connectivity index (χ3v) is 5.54. The van der Waals surface area contributed by atoms with Crippen LogP contribution < -0.4 is 10.1 Å². The van der Waals surface area contributed by atoms with Crippen LogP contribution in [0.25, 0.3) is 27.9 Å². The van der Waals surface area contributed by atoms with Gasteiger partial charge in [0.1, 0.15) is 23.8 Å². The minimum Gasteiger partial charge on any atom is -0.486 e. The van der Waals surface area contributed by atoms with Gasteiger partial charge in [-0.3, -0.25) is 0 Å². The summed E-state index contributed by atoms with van der Waals surface area (Å²) < 4.78 is 6.10. The van der Waals surface area contributed by atoms with Crippen LogP contribution in [0.1, 0.15) is 30.7 Å². The highest BCUT2D eigenvalue weighted by atomic mass is 35.5. The fourth-order valence-corrected chi connectivity index (χ4v) is 3.90. The lowest BCUT2D eigenvalue weighted by Crippen LogP contribution is -2.20. The molecule has 2 aromatic heterocycles. The highest BCUT2D eigenvalue weighted by Gasteiger charge is 2.14. The highest BCUT2D eigenvalue weighted by molar-refractivity contribution is 5.92. The maximum absolute atomic E-state index is 6.10. The molecular weight excluding hydrogens is 408 g/mol. The first-order valence-electron chi connectivity index (χ1n) is 10.3. The van der Waals surface area contributed by atoms with Gasteiger partial charge in [-0.15, -0.1) is 12.4 Å². The number of aromatic nitrogens is 3. The lowest BCUT2D eigenvalue weighted by molar-refractivity contribution is 0.227. The van der Waals surface area contributed by atoms with Gasteiger partial charge < -0.3 is 15.0 Å². The Labute approximate surface area is 188 Å². The van der Waals surface area contributed by atoms with E-state index in [9.17, 15) is 0 Å². The quantitative estimate of drug-likeness (QED) is 0.433. The van der Waals surface area contributed by atoms with Crippen molar-refractivity contribution in [2.75, 3.05) is 13.1 Å². The number of H-pyrrole nitrogens is 1. The molecule has 0 aliphatic carbocycles. The van der Waals surface area contributed by atoms with E-state index >= 15 is 0 Å². The van der Waals surface area contributed by atoms with Crippen LogP contribution in [0.15, 0.2) is 73.1 Å². The van der Waals surface area contributed by atoms with Crippen molar-refractivity contribution in [2.45, 2.75) is 19.4 Å². The second kappa shape index (κ2) is 9.33. The van der Waals surface area contributed by atoms with Crippen molar-refractivity contribution in [2.24, 2.45) is 0 Å². The number of fused-ring (bicyclic) bond motifs is 1. The molecule has 1 atom stereocenters. The topological polar surface area (TPSA) is 62.8 Å². The van der Waals surface area contributed by atoms with Gasteiger partial charge in [-0.1, -0.05) is 36.4 Å². The minimum atomic E-state index is 0. The molecule has 0 amide bonds. The summed E-state index contributed by atoms with van der Waals surface area (Å²) in [4.78, 5) is 12.4. The van der Waals surface area contributed by atoms with E-state index in [1.807, 2.05) is 30.3 Å². The molecule has 0 saturated carbocycles. The molecular formula is C25H25ClN4O. The van der Waals surface area contributed by atoms with Gasteiger partial charge in [-0.2, -0.15) is 0 Å². The van der Waals surface area contributed by atoms with E-state index in [0.717, 1.165) is 58.8 Å². The zero-order chi connectivity index (χ0) is 20.3. The van der Waals surface area contributed by atoms with Gasteiger partial charge in [0.25, 0.3) is 0 Å². The summed E-state index contributed by atoms with van der Waals surface area (Å²) in [7, 11) is 0. The fourth-order valence-electron chi connectivity index (χ4n) is 3.90. The number of hydrogen-bond acceptors (Lipinski definition) is 4. The van der Waals surface area contributed by atoms with Crippen molar-refractivity contribution in [3.8, 4) is 17.0 Å². The Morgan fingerprint density at radius 1 is 1.00 bits per heavy atom. The molecule has 0 bridgehead atoms. The van der Waals surface area contributed by atoms with Crippen LogP contribution in [-0.4, -0.2) is 28.0 Å². The first-order valence-corrected chi connectivity index (χ1v) is 10.3. The fraction of sp³-hybridized carbons (Fsp3) is 0.200. The molecule has 3 heterocycles. The van der Waals surface area contributed by atoms with Gasteiger partial charge in [0.05, 0.1) is 5.69 Å². The van der Waals surface area contributed by atoms with Gasteiger partial charge in [-0.05, 0) is 66.9 Å². The van der Waals surface area contributed by atoms with Crippen LogP contribution >= 0.6 is 12.4 Å². The van der Waals surface area contributed by atoms with Gasteiger partial charge in [0.2, 0.25) is 0 Å². The largest absolute Gasteiger partial charge is 0.486 e. The molecule has 158 valence electrons. The van der Waals surface area contributed by atoms with Crippen LogP contribution in [0.5, 0.6) is 5.75 Å². The van der Waals surface area contributed by atoms with Crippen LogP contribution in [0.3, 0.4) is 0 Å². The van der Waals surface area contributed by atoms with E-state index in [1.54, 1.807) is 6.33 Å². The molecule has 2 N–H and O–H groups in total. The van der Waals surface area contributed by atoms with Crippen LogP contribution in [0, 0.1) is 0 Å². The summed E-state index contributed by atoms with van der Waals surface area (Å²) in [5.41, 5.74) is 6.47. The van der Waals surface area contributed by atoms with Crippen molar-refractivity contribution in [1.29, 1.82) is 0 Å². The summed E-state index contributed by atoms with van der Waals surface area (Å²) in [6.45, 7) is 3.94. The third kappa shape index (κ3) is 4.48. The van der Waals surface area contributed by atoms with Gasteiger partial charge in [0, 0.05) is 17.6 Å². The average Bonchev–Trinajstić information content (AvgIpc) is 3.25. The first kappa shape index (κ1) is 21.1. The predicted molar refractivity (Wildman–Crippen MR) is 128 cm³/mol. The van der Waals surface area contributed by atoms with Crippen LogP contribution in [-0.2, 0) is 0 Å². The molecule has 5 nitrogen and oxygen atoms in total. The zero-order valence-corrected chi connectivity index (χ0v) is 18.2. The maximum Gasteiger partial charge on any atom is 0.141 e. The second-order valence-electron chi connectivity index (χ2n) is 7.55. The number of rotatable bonds is 5. The Bertz CT molecular complexity index is 1190. The molecule has 0 unspecified atom stereocenters. The monoisotopic (exact) mass is 432 g/mol. The molecule has 0 saturated heterocycles. The predicted octanol–water partition coefficient (Wildman–Crippen LogP) is 5.56. The Balaban J connectivity index is 0.00000231. The van der Waals surface area contributed by atoms with Crippen molar-refractivity contribution in [3.05, 3.63) is 84.3 Å². The molecule has 0 fully saturated rings. The summed E-state index contributed by atoms with van der Waals surface area (Å²) in [6.07, 6.45) is 4.85. The number of nitrogens with one attached hydrogen (secondary N) is 2. The SMILES string of the molecule is C[C@H](Oc1ccc(-c2cc3c(C4=CCNCC4)ncnc3[nH]2)cc1)c1ccccc1.Cl. The van der Waals surface area contributed by atoms with E-state index in [1.165, 1.54) is 5.57 Å². The molecule has 0 spiro atoms. The maximum atomic E-state index is 6.10. The van der Waals surface area contributed by atoms with Gasteiger partial charge in [-0.25, -0.2) is 9.97 Å². The molecule has 1 aliphatic rings. The lowest BCUT2D eigenvalue weighted by Gasteiger charge is -2.15. The normalized spacial score (nSPS) is 14.5. The van der Waals surface area contributed by atoms with E-state index in [4.69, 9.17) is 4.74 Å². The minimum absolute atomic E-state index is 0. The zero-order valence-electron chi connectivity index (χ0n) is 17.3. The van der Waals surface area contributed by atoms with E-state index in [2.05, 4.69) is 63.6 Å². The van der Waals surface area contributed by atoms with Crippen LogP contribution in [0.4, 0.5) is 0 Å². The number of halogens is 1. The van der Waals surface area contributed by atoms with Crippen molar-refractivity contribution in [3.63, 3.8) is 0 Å². The van der Waals surface area contributed by atoms with Gasteiger partial charge in [0.15, 0.2) is 0 Å². The van der Waals surface area contributed by atoms with E-state index in [-0.39, 0.29) is 18.5 Å². The third-order valence-electron chi connectivity index (χ3n) is 5.54. The van der Waals surface area contributed by atoms with Crippen molar-refractivity contribution >= 4 is 29.0 Å². The van der Waals surface area contributed by atoms with Crippen molar-refractivity contribution < 1.29 is 4.74 Å². The molecule has 6 heteroatoms. The Morgan fingerprint density at radius 2 is 1.81 bits per heavy atom. The van der Waals surface area contributed by atoms with E-state index in [0.29, 0.717) is 0 Å². The highest BCUT2D eigenvalue weighted by Crippen LogP contribution is 2.30. The molecule has 2 aromatic carbocycles. The van der Waals surface area contributed by atoms with E-state index < -0.39 is 0 Å². The smallest absolute Gasteiger partial charge is 0.141 e. The van der Waals surface area contributed by atoms with Crippen LogP contribution in [0.2, 0.25) is 0 Å². The summed E-state index contributed by atoms with van der Waals surface area (Å²) in [6, 6.07) is 20.6. The molecule has 5 rings (SSSR count). The lowest BCUT2D eigenvalue weighted by atomic mass is 10.0. The Hall–Kier alpha value is -3.15. The van der Waals surface area contributed by atoms with Gasteiger partial charge >= 0.3 is 0 Å². The second-order valence-corrected chi connectivity index (χ2v) is 7.55. The summed E-state index contributed by atoms with van der Waals surface area (Å²) in [5, 5.41) is 4.42. The number of benzene rings is 2. The molecule has 0 radical (unpaired) electrons. The standard InChI is InChI=1S/C25H24N4O.ClH/c1-17(18-5-3-2-4-6-18)30-21-9-7-19(8-10-21)23-15-22-24(20-11-13-26-14-12-20)27-16-28-25(22)29-23;/h2-11,15-17,26H,12-14H2,1H3,(H,27,28,29);1H/t17-;/m0./s1. The number of nitrogens with zero attached hydrogens (tertiary/aromatic N) is 2. The van der Waals surface area contributed by atoms with Crippen molar-refractivity contribution in [1.82, 2.24) is 20.3 Å². The number of ether oxygens (including phenoxy) is 1. The molecule has 4 aromatic rings. The molecule has 1 aliphatic heterocycles. The average molecular weight is 433 g/mol. The Morgan fingerprint density at radius 3 is 2.55 bits per heavy atom. The summed E-state index contributed by atoms with van der Waals surface area (Å²) in [5.74, 6) is 0.853. The first-order chi connectivity index (χ1) is 14.8.